The monoisotopic (exact) mass is 452 g/mol. The van der Waals surface area contributed by atoms with E-state index in [1.165, 1.54) is 103 Å². The van der Waals surface area contributed by atoms with E-state index in [2.05, 4.69) is 11.9 Å². The third-order valence-electron chi connectivity index (χ3n) is 5.79. The molecule has 0 aromatic heterocycles. The summed E-state index contributed by atoms with van der Waals surface area (Å²) in [5.41, 5.74) is 5.62. The van der Waals surface area contributed by atoms with Gasteiger partial charge in [-0.25, -0.2) is 0 Å². The molecular weight excluding hydrogens is 400 g/mol. The minimum Gasteiger partial charge on any atom is -0.386 e. The first-order valence-electron chi connectivity index (χ1n) is 12.3. The van der Waals surface area contributed by atoms with Crippen LogP contribution in [0.4, 0.5) is 0 Å². The van der Waals surface area contributed by atoms with Crippen LogP contribution in [0.5, 0.6) is 0 Å². The summed E-state index contributed by atoms with van der Waals surface area (Å²) in [5, 5.41) is 0. The molecule has 0 amide bonds. The lowest BCUT2D eigenvalue weighted by Crippen LogP contribution is -2.55. The summed E-state index contributed by atoms with van der Waals surface area (Å²) in [6, 6.07) is 0.926. The first kappa shape index (κ1) is 31.5. The van der Waals surface area contributed by atoms with E-state index in [4.69, 9.17) is 14.6 Å². The molecule has 0 aromatic carbocycles. The second-order valence-electron chi connectivity index (χ2n) is 8.28. The second kappa shape index (κ2) is 24.6. The summed E-state index contributed by atoms with van der Waals surface area (Å²) < 4.78 is 11.3. The van der Waals surface area contributed by atoms with Crippen LogP contribution < -0.4 is 10.7 Å². The smallest absolute Gasteiger partial charge is 0.386 e. The Bertz CT molecular complexity index is 309. The van der Waals surface area contributed by atoms with Gasteiger partial charge in [0.1, 0.15) is 0 Å². The van der Waals surface area contributed by atoms with Gasteiger partial charge in [0.25, 0.3) is 0 Å². The molecule has 178 valence electrons. The van der Waals surface area contributed by atoms with Crippen LogP contribution in [0, 0.1) is 0 Å². The zero-order chi connectivity index (χ0) is 20.8. The summed E-state index contributed by atoms with van der Waals surface area (Å²) in [6.07, 6.45) is 23.5. The quantitative estimate of drug-likeness (QED) is 0.131. The maximum absolute atomic E-state index is 5.67. The van der Waals surface area contributed by atoms with Crippen molar-refractivity contribution in [2.24, 2.45) is 5.73 Å². The highest BCUT2D eigenvalue weighted by atomic mass is 35.5. The molecule has 0 bridgehead atoms. The molecule has 0 saturated carbocycles. The number of nitrogens with two attached hydrogens (primary N) is 1. The van der Waals surface area contributed by atoms with Crippen molar-refractivity contribution >= 4 is 21.1 Å². The third kappa shape index (κ3) is 20.0. The summed E-state index contributed by atoms with van der Waals surface area (Å²) in [7, 11) is 1.31. The van der Waals surface area contributed by atoms with Crippen LogP contribution in [0.2, 0.25) is 6.04 Å². The van der Waals surface area contributed by atoms with Gasteiger partial charge in [0.05, 0.1) is 0 Å². The number of halogens is 1. The lowest BCUT2D eigenvalue weighted by molar-refractivity contribution is 0.226. The highest BCUT2D eigenvalue weighted by Crippen LogP contribution is 2.14. The van der Waals surface area contributed by atoms with Crippen LogP contribution in [0.3, 0.4) is 0 Å². The summed E-state index contributed by atoms with van der Waals surface area (Å²) in [6.45, 7) is 3.98. The minimum absolute atomic E-state index is 0. The predicted octanol–water partition coefficient (Wildman–Crippen LogP) is 6.84. The number of hydrogen-bond donors (Lipinski definition) is 2. The third-order valence-corrected chi connectivity index (χ3v) is 8.91. The van der Waals surface area contributed by atoms with E-state index in [1.807, 2.05) is 0 Å². The summed E-state index contributed by atoms with van der Waals surface area (Å²) >= 11 is 0. The molecule has 0 unspecified atom stereocenters. The number of rotatable bonds is 23. The van der Waals surface area contributed by atoms with Crippen molar-refractivity contribution in [3.05, 3.63) is 0 Å². The molecule has 0 spiro atoms. The maximum Gasteiger partial charge on any atom is 0.424 e. The van der Waals surface area contributed by atoms with Gasteiger partial charge in [-0.3, -0.25) is 4.98 Å². The van der Waals surface area contributed by atoms with Gasteiger partial charge in [0, 0.05) is 20.3 Å². The van der Waals surface area contributed by atoms with Crippen molar-refractivity contribution < 1.29 is 8.85 Å². The van der Waals surface area contributed by atoms with Gasteiger partial charge in [-0.05, 0) is 25.9 Å². The lowest BCUT2D eigenvalue weighted by Gasteiger charge is -2.27. The molecule has 0 aliphatic rings. The van der Waals surface area contributed by atoms with Crippen LogP contribution >= 0.6 is 12.4 Å². The van der Waals surface area contributed by atoms with E-state index in [-0.39, 0.29) is 12.4 Å². The van der Waals surface area contributed by atoms with Crippen LogP contribution in [-0.2, 0) is 8.85 Å². The molecule has 0 radical (unpaired) electrons. The van der Waals surface area contributed by atoms with Crippen LogP contribution in [0.1, 0.15) is 116 Å². The van der Waals surface area contributed by atoms with Crippen molar-refractivity contribution in [3.8, 4) is 0 Å². The molecule has 0 saturated heterocycles. The van der Waals surface area contributed by atoms with E-state index in [9.17, 15) is 0 Å². The van der Waals surface area contributed by atoms with Crippen molar-refractivity contribution in [2.45, 2.75) is 122 Å². The van der Waals surface area contributed by atoms with Crippen molar-refractivity contribution in [3.63, 3.8) is 0 Å². The Hall–Kier alpha value is 0.347. The first-order valence-corrected chi connectivity index (χ1v) is 14.3. The fourth-order valence-corrected chi connectivity index (χ4v) is 6.07. The Labute approximate surface area is 190 Å². The molecule has 0 aliphatic carbocycles. The number of unbranched alkanes of at least 4 members (excludes halogenated alkanes) is 15. The van der Waals surface area contributed by atoms with Crippen molar-refractivity contribution in [1.82, 2.24) is 4.98 Å². The average Bonchev–Trinajstić information content (AvgIpc) is 2.73. The first-order chi connectivity index (χ1) is 13.7. The topological polar surface area (TPSA) is 56.5 Å². The standard InChI is InChI=1S/C23H52N2O2Si.ClH/c1-4-5-6-7-8-9-10-11-12-13-14-15-16-17-18-19-22-25-28(26-2,27-3)23-20-21-24;/h25H,4-24H2,1-3H3;1H. The van der Waals surface area contributed by atoms with E-state index >= 15 is 0 Å². The van der Waals surface area contributed by atoms with Crippen molar-refractivity contribution in [1.29, 1.82) is 0 Å². The second-order valence-corrected chi connectivity index (χ2v) is 11.5. The van der Waals surface area contributed by atoms with E-state index in [0.29, 0.717) is 6.54 Å². The van der Waals surface area contributed by atoms with Crippen LogP contribution in [-0.4, -0.2) is 36.0 Å². The van der Waals surface area contributed by atoms with E-state index in [0.717, 1.165) is 19.0 Å². The van der Waals surface area contributed by atoms with Gasteiger partial charge in [-0.2, -0.15) is 0 Å². The molecule has 4 nitrogen and oxygen atoms in total. The van der Waals surface area contributed by atoms with Gasteiger partial charge >= 0.3 is 8.72 Å². The van der Waals surface area contributed by atoms with Crippen molar-refractivity contribution in [2.75, 3.05) is 27.3 Å². The fourth-order valence-electron chi connectivity index (χ4n) is 3.81. The molecule has 0 fully saturated rings. The lowest BCUT2D eigenvalue weighted by atomic mass is 10.0. The van der Waals surface area contributed by atoms with Gasteiger partial charge in [0.15, 0.2) is 0 Å². The van der Waals surface area contributed by atoms with Crippen LogP contribution in [0.25, 0.3) is 0 Å². The Kier molecular flexibility index (Phi) is 26.8. The molecule has 0 atom stereocenters. The van der Waals surface area contributed by atoms with E-state index in [1.54, 1.807) is 14.2 Å². The molecule has 0 heterocycles. The van der Waals surface area contributed by atoms with Gasteiger partial charge in [0.2, 0.25) is 0 Å². The Morgan fingerprint density at radius 3 is 1.34 bits per heavy atom. The SMILES string of the molecule is CCCCCCCCCCCCCCCCCCN[Si](CCCN)(OC)OC.Cl. The maximum atomic E-state index is 5.67. The normalized spacial score (nSPS) is 11.6. The van der Waals surface area contributed by atoms with Gasteiger partial charge in [-0.15, -0.1) is 12.4 Å². The number of hydrogen-bond acceptors (Lipinski definition) is 4. The highest BCUT2D eigenvalue weighted by molar-refractivity contribution is 6.64. The van der Waals surface area contributed by atoms with Crippen LogP contribution in [0.15, 0.2) is 0 Å². The molecular formula is C23H53ClN2O2Si. The summed E-state index contributed by atoms with van der Waals surface area (Å²) in [4.78, 5) is 3.56. The summed E-state index contributed by atoms with van der Waals surface area (Å²) in [5.74, 6) is 0. The predicted molar refractivity (Wildman–Crippen MR) is 133 cm³/mol. The molecule has 29 heavy (non-hydrogen) atoms. The average molecular weight is 453 g/mol. The van der Waals surface area contributed by atoms with Gasteiger partial charge < -0.3 is 14.6 Å². The highest BCUT2D eigenvalue weighted by Gasteiger charge is 2.34. The zero-order valence-corrected chi connectivity index (χ0v) is 21.8. The largest absolute Gasteiger partial charge is 0.424 e. The Morgan fingerprint density at radius 2 is 1.00 bits per heavy atom. The van der Waals surface area contributed by atoms with Gasteiger partial charge in [-0.1, -0.05) is 103 Å². The fraction of sp³-hybridized carbons (Fsp3) is 1.00. The molecule has 3 N–H and O–H groups in total. The zero-order valence-electron chi connectivity index (χ0n) is 19.9. The Balaban J connectivity index is 0. The Morgan fingerprint density at radius 1 is 0.621 bits per heavy atom. The molecule has 0 aliphatic heterocycles. The molecule has 6 heteroatoms. The number of nitrogens with one attached hydrogen (secondary N) is 1. The molecule has 0 rings (SSSR count). The molecule has 0 aromatic rings. The van der Waals surface area contributed by atoms with E-state index < -0.39 is 8.72 Å². The minimum atomic E-state index is -2.20.